The van der Waals surface area contributed by atoms with Crippen LogP contribution in [0, 0.1) is 0 Å². The van der Waals surface area contributed by atoms with Crippen molar-refractivity contribution in [1.29, 1.82) is 0 Å². The van der Waals surface area contributed by atoms with E-state index < -0.39 is 0 Å². The normalized spacial score (nSPS) is 10.8. The summed E-state index contributed by atoms with van der Waals surface area (Å²) in [7, 11) is 1.66. The second-order valence-electron chi connectivity index (χ2n) is 5.66. The summed E-state index contributed by atoms with van der Waals surface area (Å²) in [5.41, 5.74) is 4.21. The Labute approximate surface area is 147 Å². The number of benzene rings is 2. The highest BCUT2D eigenvalue weighted by molar-refractivity contribution is 6.32. The Bertz CT molecular complexity index is 837. The molecule has 0 spiro atoms. The van der Waals surface area contributed by atoms with Gasteiger partial charge in [0.25, 0.3) is 0 Å². The molecule has 0 aliphatic heterocycles. The third-order valence-corrected chi connectivity index (χ3v) is 4.33. The Hall–Kier alpha value is -2.39. The van der Waals surface area contributed by atoms with Gasteiger partial charge < -0.3 is 14.4 Å². The third kappa shape index (κ3) is 3.13. The van der Waals surface area contributed by atoms with E-state index in [0.717, 1.165) is 35.5 Å². The number of phenols is 1. The molecule has 0 saturated carbocycles. The van der Waals surface area contributed by atoms with E-state index in [0.29, 0.717) is 5.02 Å². The molecule has 0 saturated heterocycles. The van der Waals surface area contributed by atoms with Crippen LogP contribution in [0.25, 0.3) is 16.9 Å². The standard InChI is InChI=1S/C20H20ClNO2/c1-3-4-15-7-11-19(14-5-9-17(24-2)10-6-14)22(15)20-12-8-16(23)13-18(20)21/h5-13,23H,3-4H2,1-2H3. The fourth-order valence-corrected chi connectivity index (χ4v) is 3.14. The Kier molecular flexibility index (Phi) is 4.81. The molecule has 3 rings (SSSR count). The van der Waals surface area contributed by atoms with E-state index in [1.807, 2.05) is 30.3 Å². The molecule has 0 amide bonds. The van der Waals surface area contributed by atoms with Gasteiger partial charge in [-0.25, -0.2) is 0 Å². The van der Waals surface area contributed by atoms with Crippen molar-refractivity contribution in [3.05, 3.63) is 65.3 Å². The molecule has 1 aromatic heterocycles. The summed E-state index contributed by atoms with van der Waals surface area (Å²) in [6.45, 7) is 2.16. The summed E-state index contributed by atoms with van der Waals surface area (Å²) in [5.74, 6) is 0.993. The Morgan fingerprint density at radius 2 is 1.79 bits per heavy atom. The average Bonchev–Trinajstić information content (AvgIpc) is 2.99. The van der Waals surface area contributed by atoms with Gasteiger partial charge in [-0.3, -0.25) is 0 Å². The molecule has 24 heavy (non-hydrogen) atoms. The van der Waals surface area contributed by atoms with Crippen LogP contribution in [0.2, 0.25) is 5.02 Å². The van der Waals surface area contributed by atoms with Crippen molar-refractivity contribution in [2.75, 3.05) is 7.11 Å². The van der Waals surface area contributed by atoms with Gasteiger partial charge in [0.15, 0.2) is 0 Å². The summed E-state index contributed by atoms with van der Waals surface area (Å²) < 4.78 is 7.40. The van der Waals surface area contributed by atoms with Gasteiger partial charge in [0.2, 0.25) is 0 Å². The number of rotatable bonds is 5. The molecular weight excluding hydrogens is 322 g/mol. The van der Waals surface area contributed by atoms with Crippen molar-refractivity contribution in [3.8, 4) is 28.4 Å². The topological polar surface area (TPSA) is 34.4 Å². The average molecular weight is 342 g/mol. The molecule has 0 bridgehead atoms. The number of nitrogens with zero attached hydrogens (tertiary/aromatic N) is 1. The molecule has 0 atom stereocenters. The molecule has 4 heteroatoms. The lowest BCUT2D eigenvalue weighted by atomic mass is 10.1. The first-order chi connectivity index (χ1) is 11.6. The van der Waals surface area contributed by atoms with Gasteiger partial charge >= 0.3 is 0 Å². The summed E-state index contributed by atoms with van der Waals surface area (Å²) in [5, 5.41) is 10.2. The van der Waals surface area contributed by atoms with E-state index in [-0.39, 0.29) is 5.75 Å². The maximum absolute atomic E-state index is 9.64. The van der Waals surface area contributed by atoms with Gasteiger partial charge in [-0.05, 0) is 60.5 Å². The monoisotopic (exact) mass is 341 g/mol. The lowest BCUT2D eigenvalue weighted by molar-refractivity contribution is 0.415. The molecule has 0 aliphatic rings. The maximum Gasteiger partial charge on any atom is 0.118 e. The molecule has 0 aliphatic carbocycles. The van der Waals surface area contributed by atoms with Crippen LogP contribution in [0.3, 0.4) is 0 Å². The molecule has 1 heterocycles. The molecule has 1 N–H and O–H groups in total. The molecule has 0 fully saturated rings. The van der Waals surface area contributed by atoms with Crippen LogP contribution in [0.1, 0.15) is 19.0 Å². The largest absolute Gasteiger partial charge is 0.508 e. The van der Waals surface area contributed by atoms with E-state index in [2.05, 4.69) is 23.6 Å². The van der Waals surface area contributed by atoms with Crippen LogP contribution < -0.4 is 4.74 Å². The number of hydrogen-bond acceptors (Lipinski definition) is 2. The van der Waals surface area contributed by atoms with Crippen molar-refractivity contribution >= 4 is 11.6 Å². The van der Waals surface area contributed by atoms with Gasteiger partial charge in [-0.15, -0.1) is 0 Å². The second kappa shape index (κ2) is 7.02. The second-order valence-corrected chi connectivity index (χ2v) is 6.07. The van der Waals surface area contributed by atoms with E-state index in [1.54, 1.807) is 19.2 Å². The van der Waals surface area contributed by atoms with Crippen molar-refractivity contribution in [2.45, 2.75) is 19.8 Å². The first-order valence-electron chi connectivity index (χ1n) is 7.98. The minimum absolute atomic E-state index is 0.166. The maximum atomic E-state index is 9.64. The third-order valence-electron chi connectivity index (χ3n) is 4.03. The summed E-state index contributed by atoms with van der Waals surface area (Å²) in [4.78, 5) is 0. The Morgan fingerprint density at radius 3 is 2.42 bits per heavy atom. The van der Waals surface area contributed by atoms with Crippen LogP contribution in [-0.4, -0.2) is 16.8 Å². The van der Waals surface area contributed by atoms with Crippen molar-refractivity contribution < 1.29 is 9.84 Å². The predicted octanol–water partition coefficient (Wildman–Crippen LogP) is 5.46. The van der Waals surface area contributed by atoms with E-state index in [9.17, 15) is 5.11 Å². The molecule has 2 aromatic carbocycles. The van der Waals surface area contributed by atoms with Crippen LogP contribution in [0.15, 0.2) is 54.6 Å². The molecule has 0 radical (unpaired) electrons. The lowest BCUT2D eigenvalue weighted by Gasteiger charge is -2.16. The smallest absolute Gasteiger partial charge is 0.118 e. The van der Waals surface area contributed by atoms with Crippen LogP contribution in [0.5, 0.6) is 11.5 Å². The number of methoxy groups -OCH3 is 1. The summed E-state index contributed by atoms with van der Waals surface area (Å²) in [6.07, 6.45) is 2.00. The summed E-state index contributed by atoms with van der Waals surface area (Å²) >= 11 is 6.40. The number of aromatic hydroxyl groups is 1. The van der Waals surface area contributed by atoms with Gasteiger partial charge in [-0.1, -0.05) is 24.9 Å². The molecular formula is C20H20ClNO2. The van der Waals surface area contributed by atoms with Crippen LogP contribution in [-0.2, 0) is 6.42 Å². The number of ether oxygens (including phenoxy) is 1. The summed E-state index contributed by atoms with van der Waals surface area (Å²) in [6, 6.07) is 17.3. The molecule has 124 valence electrons. The van der Waals surface area contributed by atoms with Crippen molar-refractivity contribution in [1.82, 2.24) is 4.57 Å². The van der Waals surface area contributed by atoms with E-state index in [1.165, 1.54) is 5.69 Å². The van der Waals surface area contributed by atoms with Gasteiger partial charge in [0.05, 0.1) is 23.5 Å². The molecule has 3 nitrogen and oxygen atoms in total. The van der Waals surface area contributed by atoms with Crippen LogP contribution >= 0.6 is 11.6 Å². The van der Waals surface area contributed by atoms with Crippen LogP contribution in [0.4, 0.5) is 0 Å². The van der Waals surface area contributed by atoms with E-state index >= 15 is 0 Å². The minimum Gasteiger partial charge on any atom is -0.508 e. The number of aryl methyl sites for hydroxylation is 1. The first-order valence-corrected chi connectivity index (χ1v) is 8.35. The SMILES string of the molecule is CCCc1ccc(-c2ccc(OC)cc2)n1-c1ccc(O)cc1Cl. The van der Waals surface area contributed by atoms with E-state index in [4.69, 9.17) is 16.3 Å². The highest BCUT2D eigenvalue weighted by Gasteiger charge is 2.14. The quantitative estimate of drug-likeness (QED) is 0.668. The zero-order valence-corrected chi connectivity index (χ0v) is 14.5. The number of hydrogen-bond donors (Lipinski definition) is 1. The Balaban J connectivity index is 2.16. The zero-order chi connectivity index (χ0) is 17.1. The van der Waals surface area contributed by atoms with Crippen molar-refractivity contribution in [3.63, 3.8) is 0 Å². The highest BCUT2D eigenvalue weighted by Crippen LogP contribution is 2.33. The van der Waals surface area contributed by atoms with Gasteiger partial charge in [-0.2, -0.15) is 0 Å². The van der Waals surface area contributed by atoms with Gasteiger partial charge in [0.1, 0.15) is 11.5 Å². The lowest BCUT2D eigenvalue weighted by Crippen LogP contribution is -2.03. The number of aromatic nitrogens is 1. The zero-order valence-electron chi connectivity index (χ0n) is 13.8. The fourth-order valence-electron chi connectivity index (χ4n) is 2.88. The highest BCUT2D eigenvalue weighted by atomic mass is 35.5. The predicted molar refractivity (Wildman–Crippen MR) is 98.4 cm³/mol. The molecule has 0 unspecified atom stereocenters. The number of phenolic OH excluding ortho intramolecular Hbond substituents is 1. The number of halogens is 1. The first kappa shape index (κ1) is 16.5. The fraction of sp³-hybridized carbons (Fsp3) is 0.200. The Morgan fingerprint density at radius 1 is 1.04 bits per heavy atom. The van der Waals surface area contributed by atoms with Gasteiger partial charge in [0, 0.05) is 11.8 Å². The van der Waals surface area contributed by atoms with Crippen molar-refractivity contribution in [2.24, 2.45) is 0 Å². The molecule has 3 aromatic rings. The minimum atomic E-state index is 0.166.